The van der Waals surface area contributed by atoms with Crippen LogP contribution in [0.3, 0.4) is 0 Å². The van der Waals surface area contributed by atoms with E-state index in [0.29, 0.717) is 11.5 Å². The van der Waals surface area contributed by atoms with Gasteiger partial charge >= 0.3 is 0 Å². The van der Waals surface area contributed by atoms with Gasteiger partial charge in [-0.05, 0) is 44.1 Å². The van der Waals surface area contributed by atoms with Gasteiger partial charge in [-0.2, -0.15) is 0 Å². The molecule has 0 atom stereocenters. The summed E-state index contributed by atoms with van der Waals surface area (Å²) >= 11 is 0. The van der Waals surface area contributed by atoms with Crippen molar-refractivity contribution in [1.29, 1.82) is 0 Å². The van der Waals surface area contributed by atoms with E-state index in [-0.39, 0.29) is 5.92 Å². The molecule has 1 aromatic heterocycles. The van der Waals surface area contributed by atoms with Crippen LogP contribution in [0.2, 0.25) is 0 Å². The Labute approximate surface area is 115 Å². The van der Waals surface area contributed by atoms with Gasteiger partial charge in [0.2, 0.25) is 5.78 Å². The number of furan rings is 1. The molecule has 1 saturated carbocycles. The zero-order valence-electron chi connectivity index (χ0n) is 11.7. The van der Waals surface area contributed by atoms with Crippen molar-refractivity contribution in [2.24, 2.45) is 5.92 Å². The first-order chi connectivity index (χ1) is 9.36. The second-order valence-corrected chi connectivity index (χ2v) is 6.18. The summed E-state index contributed by atoms with van der Waals surface area (Å²) in [6, 6.07) is 0. The monoisotopic (exact) mass is 260 g/mol. The Hall–Kier alpha value is -1.05. The zero-order valence-corrected chi connectivity index (χ0v) is 11.7. The summed E-state index contributed by atoms with van der Waals surface area (Å²) in [7, 11) is 0. The molecule has 0 N–H and O–H groups in total. The predicted molar refractivity (Wildman–Crippen MR) is 75.5 cm³/mol. The molecular weight excluding hydrogens is 236 g/mol. The Morgan fingerprint density at radius 2 is 1.63 bits per heavy atom. The van der Waals surface area contributed by atoms with Gasteiger partial charge in [0.25, 0.3) is 0 Å². The van der Waals surface area contributed by atoms with Crippen molar-refractivity contribution in [3.8, 4) is 0 Å². The van der Waals surface area contributed by atoms with E-state index in [2.05, 4.69) is 0 Å². The van der Waals surface area contributed by atoms with Crippen molar-refractivity contribution in [1.82, 2.24) is 0 Å². The quantitative estimate of drug-likeness (QED) is 0.721. The van der Waals surface area contributed by atoms with E-state index in [1.54, 1.807) is 0 Å². The number of hydrogen-bond acceptors (Lipinski definition) is 2. The molecule has 0 aliphatic heterocycles. The third-order valence-corrected chi connectivity index (χ3v) is 4.80. The summed E-state index contributed by atoms with van der Waals surface area (Å²) in [5, 5.41) is 0. The van der Waals surface area contributed by atoms with Crippen LogP contribution < -0.4 is 0 Å². The first-order valence-electron chi connectivity index (χ1n) is 7.99. The van der Waals surface area contributed by atoms with Gasteiger partial charge < -0.3 is 4.42 Å². The summed E-state index contributed by atoms with van der Waals surface area (Å²) in [5.74, 6) is 1.24. The van der Waals surface area contributed by atoms with Crippen molar-refractivity contribution < 1.29 is 9.21 Å². The molecule has 0 aromatic carbocycles. The molecule has 104 valence electrons. The lowest BCUT2D eigenvalue weighted by atomic mass is 9.84. The van der Waals surface area contributed by atoms with Crippen molar-refractivity contribution in [2.75, 3.05) is 0 Å². The highest BCUT2D eigenvalue weighted by atomic mass is 16.3. The second-order valence-electron chi connectivity index (χ2n) is 6.18. The second kappa shape index (κ2) is 5.94. The maximum Gasteiger partial charge on any atom is 0.201 e. The molecule has 1 heterocycles. The first-order valence-corrected chi connectivity index (χ1v) is 7.99. The van der Waals surface area contributed by atoms with E-state index in [0.717, 1.165) is 25.7 Å². The Balaban J connectivity index is 1.81. The van der Waals surface area contributed by atoms with E-state index in [4.69, 9.17) is 4.42 Å². The Morgan fingerprint density at radius 1 is 0.947 bits per heavy atom. The van der Waals surface area contributed by atoms with Gasteiger partial charge in [-0.3, -0.25) is 4.79 Å². The lowest BCUT2D eigenvalue weighted by molar-refractivity contribution is 0.0859. The Bertz CT molecular complexity index is 438. The maximum atomic E-state index is 12.6. The summed E-state index contributed by atoms with van der Waals surface area (Å²) in [6.45, 7) is 0. The molecule has 2 aliphatic carbocycles. The fraction of sp³-hybridized carbons (Fsp3) is 0.706. The van der Waals surface area contributed by atoms with Gasteiger partial charge in [0.05, 0.1) is 6.26 Å². The van der Waals surface area contributed by atoms with E-state index in [1.807, 2.05) is 6.26 Å². The largest absolute Gasteiger partial charge is 0.461 e. The molecule has 19 heavy (non-hydrogen) atoms. The molecule has 2 aliphatic rings. The highest BCUT2D eigenvalue weighted by Crippen LogP contribution is 2.31. The third kappa shape index (κ3) is 2.77. The molecule has 0 amide bonds. The van der Waals surface area contributed by atoms with Crippen molar-refractivity contribution in [3.05, 3.63) is 23.2 Å². The maximum absolute atomic E-state index is 12.6. The smallest absolute Gasteiger partial charge is 0.201 e. The van der Waals surface area contributed by atoms with Gasteiger partial charge in [-0.15, -0.1) is 0 Å². The van der Waals surface area contributed by atoms with E-state index in [1.165, 1.54) is 56.1 Å². The number of carbonyl (C=O) groups is 1. The molecule has 1 aromatic rings. The topological polar surface area (TPSA) is 30.2 Å². The summed E-state index contributed by atoms with van der Waals surface area (Å²) in [6.07, 6.45) is 14.9. The van der Waals surface area contributed by atoms with Crippen LogP contribution in [-0.4, -0.2) is 5.78 Å². The fourth-order valence-electron chi connectivity index (χ4n) is 3.63. The molecule has 0 saturated heterocycles. The number of hydrogen-bond donors (Lipinski definition) is 0. The van der Waals surface area contributed by atoms with E-state index >= 15 is 0 Å². The average molecular weight is 260 g/mol. The van der Waals surface area contributed by atoms with Gasteiger partial charge in [-0.25, -0.2) is 0 Å². The third-order valence-electron chi connectivity index (χ3n) is 4.80. The van der Waals surface area contributed by atoms with Crippen molar-refractivity contribution in [3.63, 3.8) is 0 Å². The average Bonchev–Trinajstić information content (AvgIpc) is 2.81. The molecule has 0 spiro atoms. The highest BCUT2D eigenvalue weighted by Gasteiger charge is 2.28. The highest BCUT2D eigenvalue weighted by molar-refractivity contribution is 5.97. The number of Topliss-reactive ketones (excluding diaryl/α,β-unsaturated/α-hetero) is 1. The number of fused-ring (bicyclic) bond motifs is 1. The van der Waals surface area contributed by atoms with Crippen molar-refractivity contribution in [2.45, 2.75) is 70.6 Å². The molecule has 1 fully saturated rings. The molecular formula is C17H24O2. The first kappa shape index (κ1) is 13.0. The molecule has 0 radical (unpaired) electrons. The van der Waals surface area contributed by atoms with Gasteiger partial charge in [0.15, 0.2) is 5.76 Å². The number of ketones is 1. The molecule has 0 bridgehead atoms. The molecule has 2 nitrogen and oxygen atoms in total. The van der Waals surface area contributed by atoms with Crippen LogP contribution in [0.1, 0.15) is 79.5 Å². The summed E-state index contributed by atoms with van der Waals surface area (Å²) in [5.41, 5.74) is 2.55. The van der Waals surface area contributed by atoms with Crippen LogP contribution in [0.15, 0.2) is 10.7 Å². The SMILES string of the molecule is O=C(c1occ2c1CCCCCC2)C1CCCCC1. The van der Waals surface area contributed by atoms with Crippen molar-refractivity contribution >= 4 is 5.78 Å². The zero-order chi connectivity index (χ0) is 13.1. The summed E-state index contributed by atoms with van der Waals surface area (Å²) in [4.78, 5) is 12.6. The van der Waals surface area contributed by atoms with Crippen LogP contribution in [0.4, 0.5) is 0 Å². The van der Waals surface area contributed by atoms with E-state index in [9.17, 15) is 4.79 Å². The van der Waals surface area contributed by atoms with Crippen LogP contribution >= 0.6 is 0 Å². The normalized spacial score (nSPS) is 21.5. The summed E-state index contributed by atoms with van der Waals surface area (Å²) < 4.78 is 5.69. The van der Waals surface area contributed by atoms with Crippen LogP contribution in [0, 0.1) is 5.92 Å². The standard InChI is InChI=1S/C17H24O2/c18-16(13-8-5-3-6-9-13)17-15-11-7-2-1-4-10-14(15)12-19-17/h12-13H,1-11H2. The van der Waals surface area contributed by atoms with Crippen LogP contribution in [0.25, 0.3) is 0 Å². The van der Waals surface area contributed by atoms with Gasteiger partial charge in [0, 0.05) is 11.5 Å². The van der Waals surface area contributed by atoms with Gasteiger partial charge in [-0.1, -0.05) is 32.1 Å². The van der Waals surface area contributed by atoms with Crippen LogP contribution in [0.5, 0.6) is 0 Å². The molecule has 2 heteroatoms. The molecule has 0 unspecified atom stereocenters. The lowest BCUT2D eigenvalue weighted by Crippen LogP contribution is -2.18. The minimum atomic E-state index is 0.231. The van der Waals surface area contributed by atoms with Crippen LogP contribution in [-0.2, 0) is 12.8 Å². The fourth-order valence-corrected chi connectivity index (χ4v) is 3.63. The van der Waals surface area contributed by atoms with Gasteiger partial charge in [0.1, 0.15) is 0 Å². The minimum absolute atomic E-state index is 0.231. The number of carbonyl (C=O) groups excluding carboxylic acids is 1. The number of aryl methyl sites for hydroxylation is 1. The Morgan fingerprint density at radius 3 is 2.42 bits per heavy atom. The van der Waals surface area contributed by atoms with E-state index < -0.39 is 0 Å². The predicted octanol–water partition coefficient (Wildman–Crippen LogP) is 4.70. The molecule has 3 rings (SSSR count). The minimum Gasteiger partial charge on any atom is -0.461 e. The lowest BCUT2D eigenvalue weighted by Gasteiger charge is -2.20. The number of rotatable bonds is 2. The Kier molecular flexibility index (Phi) is 4.05.